The van der Waals surface area contributed by atoms with Crippen molar-refractivity contribution in [2.75, 3.05) is 17.6 Å². The second-order valence-corrected chi connectivity index (χ2v) is 6.27. The van der Waals surface area contributed by atoms with E-state index < -0.39 is 0 Å². The molecule has 5 nitrogen and oxygen atoms in total. The Morgan fingerprint density at radius 1 is 1.21 bits per heavy atom. The number of rotatable bonds is 4. The summed E-state index contributed by atoms with van der Waals surface area (Å²) >= 11 is 0. The van der Waals surface area contributed by atoms with Gasteiger partial charge < -0.3 is 23.5 Å². The van der Waals surface area contributed by atoms with Crippen molar-refractivity contribution in [3.05, 3.63) is 53.5 Å². The van der Waals surface area contributed by atoms with Gasteiger partial charge in [0.2, 0.25) is 0 Å². The molecule has 0 atom stereocenters. The number of pyridine rings is 2. The molecule has 0 bridgehead atoms. The summed E-state index contributed by atoms with van der Waals surface area (Å²) in [5.41, 5.74) is 12.1. The third-order valence-corrected chi connectivity index (χ3v) is 4.64. The van der Waals surface area contributed by atoms with Gasteiger partial charge in [0.25, 0.3) is 0 Å². The summed E-state index contributed by atoms with van der Waals surface area (Å²) in [5.74, 6) is 0.798. The minimum atomic E-state index is 0. The Hall–Kier alpha value is -2.27. The van der Waals surface area contributed by atoms with Gasteiger partial charge in [0.15, 0.2) is 18.2 Å². The lowest BCUT2D eigenvalue weighted by molar-refractivity contribution is -0.671. The van der Waals surface area contributed by atoms with Crippen molar-refractivity contribution in [3.63, 3.8) is 0 Å². The zero-order valence-electron chi connectivity index (χ0n) is 13.8. The average molecular weight is 344 g/mol. The topological polar surface area (TPSA) is 59.2 Å². The summed E-state index contributed by atoms with van der Waals surface area (Å²) in [6.45, 7) is 0.823. The number of hydrogen-bond donors (Lipinski definition) is 2. The third-order valence-electron chi connectivity index (χ3n) is 4.64. The van der Waals surface area contributed by atoms with Crippen LogP contribution < -0.4 is 28.0 Å². The molecule has 126 valence electrons. The van der Waals surface area contributed by atoms with Gasteiger partial charge in [0.1, 0.15) is 12.7 Å². The fourth-order valence-electron chi connectivity index (χ4n) is 3.32. The van der Waals surface area contributed by atoms with Crippen molar-refractivity contribution in [1.29, 1.82) is 0 Å². The molecule has 0 amide bonds. The van der Waals surface area contributed by atoms with E-state index in [2.05, 4.69) is 42.0 Å². The quantitative estimate of drug-likeness (QED) is 0.591. The Bertz CT molecular complexity index is 854. The molecule has 3 heterocycles. The molecule has 3 aromatic rings. The predicted octanol–water partition coefficient (Wildman–Crippen LogP) is -1.11. The number of hydrogen-bond acceptors (Lipinski definition) is 3. The van der Waals surface area contributed by atoms with Crippen LogP contribution in [0.15, 0.2) is 36.7 Å². The molecule has 6 heteroatoms. The highest BCUT2D eigenvalue weighted by Crippen LogP contribution is 2.29. The lowest BCUT2D eigenvalue weighted by Crippen LogP contribution is -3.00. The van der Waals surface area contributed by atoms with Crippen molar-refractivity contribution in [3.8, 4) is 0 Å². The molecule has 0 fully saturated rings. The highest BCUT2D eigenvalue weighted by Gasteiger charge is 2.18. The number of aromatic nitrogens is 3. The zero-order valence-corrected chi connectivity index (χ0v) is 14.6. The second-order valence-electron chi connectivity index (χ2n) is 6.27. The van der Waals surface area contributed by atoms with Gasteiger partial charge in [-0.25, -0.2) is 9.08 Å². The molecule has 0 radical (unpaired) electrons. The number of halogens is 1. The van der Waals surface area contributed by atoms with Gasteiger partial charge in [-0.3, -0.25) is 0 Å². The lowest BCUT2D eigenvalue weighted by atomic mass is 10.2. The monoisotopic (exact) mass is 343 g/mol. The van der Waals surface area contributed by atoms with E-state index in [-0.39, 0.29) is 12.4 Å². The van der Waals surface area contributed by atoms with Crippen LogP contribution in [-0.4, -0.2) is 16.2 Å². The first-order valence-corrected chi connectivity index (χ1v) is 8.19. The molecule has 1 aliphatic carbocycles. The molecule has 0 saturated heterocycles. The summed E-state index contributed by atoms with van der Waals surface area (Å²) in [5, 5.41) is 8.10. The number of fused-ring (bicyclic) bond motifs is 3. The zero-order chi connectivity index (χ0) is 15.8. The van der Waals surface area contributed by atoms with E-state index in [1.54, 1.807) is 0 Å². The highest BCUT2D eigenvalue weighted by atomic mass is 35.5. The number of nitrogen functional groups attached to an aromatic ring is 1. The van der Waals surface area contributed by atoms with E-state index in [4.69, 9.17) is 10.8 Å². The van der Waals surface area contributed by atoms with E-state index in [1.807, 2.05) is 16.1 Å². The maximum absolute atomic E-state index is 6.28. The molecule has 24 heavy (non-hydrogen) atoms. The van der Waals surface area contributed by atoms with E-state index >= 15 is 0 Å². The van der Waals surface area contributed by atoms with Crippen LogP contribution in [0.4, 0.5) is 11.5 Å². The van der Waals surface area contributed by atoms with E-state index in [0.29, 0.717) is 0 Å². The largest absolute Gasteiger partial charge is 1.00 e. The third kappa shape index (κ3) is 2.91. The molecule has 0 spiro atoms. The van der Waals surface area contributed by atoms with E-state index in [9.17, 15) is 0 Å². The van der Waals surface area contributed by atoms with Crippen LogP contribution in [0, 0.1) is 0 Å². The van der Waals surface area contributed by atoms with Gasteiger partial charge in [-0.15, -0.1) is 5.10 Å². The van der Waals surface area contributed by atoms with Crippen LogP contribution >= 0.6 is 0 Å². The first-order valence-electron chi connectivity index (χ1n) is 8.19. The van der Waals surface area contributed by atoms with Crippen molar-refractivity contribution in [1.82, 2.24) is 9.61 Å². The predicted molar refractivity (Wildman–Crippen MR) is 91.4 cm³/mol. The molecule has 0 aromatic carbocycles. The van der Waals surface area contributed by atoms with Crippen LogP contribution in [0.1, 0.15) is 23.2 Å². The SMILES string of the molecule is C[n+]1ccc(CCNc2nn3c4c(ccc3c2N)CCC4)cc1.[Cl-]. The summed E-state index contributed by atoms with van der Waals surface area (Å²) < 4.78 is 4.07. The fourth-order valence-corrected chi connectivity index (χ4v) is 3.32. The van der Waals surface area contributed by atoms with Crippen LogP contribution in [0.3, 0.4) is 0 Å². The molecule has 0 unspecified atom stereocenters. The Morgan fingerprint density at radius 3 is 2.79 bits per heavy atom. The number of anilines is 2. The fraction of sp³-hybridized carbons (Fsp3) is 0.333. The minimum absolute atomic E-state index is 0. The average Bonchev–Trinajstić information content (AvgIpc) is 3.15. The summed E-state index contributed by atoms with van der Waals surface area (Å²) in [6, 6.07) is 8.57. The smallest absolute Gasteiger partial charge is 0.172 e. The molecule has 4 rings (SSSR count). The highest BCUT2D eigenvalue weighted by molar-refractivity contribution is 5.81. The maximum atomic E-state index is 6.28. The van der Waals surface area contributed by atoms with Gasteiger partial charge in [-0.05, 0) is 42.9 Å². The molecule has 1 aliphatic rings. The molecular weight excluding hydrogens is 322 g/mol. The van der Waals surface area contributed by atoms with Crippen molar-refractivity contribution in [2.24, 2.45) is 7.05 Å². The van der Waals surface area contributed by atoms with Gasteiger partial charge >= 0.3 is 0 Å². The Kier molecular flexibility index (Phi) is 4.62. The maximum Gasteiger partial charge on any atom is 0.172 e. The Labute approximate surface area is 147 Å². The summed E-state index contributed by atoms with van der Waals surface area (Å²) in [7, 11) is 2.03. The minimum Gasteiger partial charge on any atom is -1.00 e. The van der Waals surface area contributed by atoms with Crippen LogP contribution in [0.2, 0.25) is 0 Å². The molecule has 3 N–H and O–H groups in total. The second kappa shape index (κ2) is 6.69. The molecule has 0 aliphatic heterocycles. The lowest BCUT2D eigenvalue weighted by Gasteiger charge is -2.03. The van der Waals surface area contributed by atoms with Gasteiger partial charge in [-0.2, -0.15) is 0 Å². The Morgan fingerprint density at radius 2 is 2.00 bits per heavy atom. The number of aryl methyl sites for hydroxylation is 3. The van der Waals surface area contributed by atoms with Crippen LogP contribution in [0.5, 0.6) is 0 Å². The number of nitrogens with zero attached hydrogens (tertiary/aromatic N) is 3. The first-order chi connectivity index (χ1) is 11.2. The number of nitrogens with one attached hydrogen (secondary N) is 1. The number of nitrogens with two attached hydrogens (primary N) is 1. The molecule has 0 saturated carbocycles. The van der Waals surface area contributed by atoms with Crippen LogP contribution in [-0.2, 0) is 26.3 Å². The van der Waals surface area contributed by atoms with Gasteiger partial charge in [0, 0.05) is 24.4 Å². The molecular formula is C18H22ClN5. The first kappa shape index (κ1) is 16.6. The van der Waals surface area contributed by atoms with E-state index in [1.165, 1.54) is 23.2 Å². The summed E-state index contributed by atoms with van der Waals surface area (Å²) in [4.78, 5) is 0. The standard InChI is InChI=1S/C18H22N5.ClH/c1-22-11-8-13(9-12-22)7-10-20-18-17(19)16-6-5-14-3-2-4-15(14)23(16)21-18;/h5-6,8-9,11-12H,2-4,7,10,19H2,1H3,(H,20,21);1H/q+1;/p-1. The van der Waals surface area contributed by atoms with Gasteiger partial charge in [0.05, 0.1) is 5.52 Å². The van der Waals surface area contributed by atoms with Gasteiger partial charge in [-0.1, -0.05) is 6.07 Å². The normalized spacial score (nSPS) is 12.9. The van der Waals surface area contributed by atoms with Crippen LogP contribution in [0.25, 0.3) is 5.52 Å². The Balaban J connectivity index is 0.00000169. The van der Waals surface area contributed by atoms with E-state index in [0.717, 1.165) is 42.8 Å². The van der Waals surface area contributed by atoms with Crippen molar-refractivity contribution >= 4 is 17.0 Å². The van der Waals surface area contributed by atoms with Crippen molar-refractivity contribution < 1.29 is 17.0 Å². The molecule has 3 aromatic heterocycles. The summed E-state index contributed by atoms with van der Waals surface area (Å²) in [6.07, 6.45) is 8.54. The van der Waals surface area contributed by atoms with Crippen molar-refractivity contribution in [2.45, 2.75) is 25.7 Å².